The summed E-state index contributed by atoms with van der Waals surface area (Å²) in [4.78, 5) is 0. The van der Waals surface area contributed by atoms with Crippen LogP contribution in [-0.4, -0.2) is 0 Å². The number of benzene rings is 2. The number of allylic oxidation sites excluding steroid dienone is 2. The van der Waals surface area contributed by atoms with E-state index < -0.39 is 0 Å². The van der Waals surface area contributed by atoms with Gasteiger partial charge in [-0.05, 0) is 76.3 Å². The summed E-state index contributed by atoms with van der Waals surface area (Å²) < 4.78 is 0. The van der Waals surface area contributed by atoms with Crippen molar-refractivity contribution >= 4 is 12.2 Å². The Hall–Kier alpha value is -2.08. The summed E-state index contributed by atoms with van der Waals surface area (Å²) in [5, 5.41) is 0. The molecule has 2 aliphatic rings. The number of hydrogen-bond donors (Lipinski definition) is 0. The van der Waals surface area contributed by atoms with Gasteiger partial charge < -0.3 is 0 Å². The molecule has 0 fully saturated rings. The third-order valence-corrected chi connectivity index (χ3v) is 9.24. The summed E-state index contributed by atoms with van der Waals surface area (Å²) >= 11 is 0. The molecule has 2 aliphatic carbocycles. The molecule has 0 aliphatic heterocycles. The van der Waals surface area contributed by atoms with E-state index in [0.717, 1.165) is 0 Å². The van der Waals surface area contributed by atoms with Crippen LogP contribution in [0.25, 0.3) is 12.2 Å². The van der Waals surface area contributed by atoms with Crippen LogP contribution in [0.3, 0.4) is 0 Å². The molecule has 0 amide bonds. The molecule has 0 aromatic heterocycles. The minimum atomic E-state index is 0.109. The SMILES string of the molecule is CCCCCC1=Cc2c(C(C)C)cccc2C1C(C)(C)C1C(CCCCC)=Cc2c(C(C)C)cccc21. The largest absolute Gasteiger partial charge is 0.0654 e. The quantitative estimate of drug-likeness (QED) is 0.256. The lowest BCUT2D eigenvalue weighted by atomic mass is 9.61. The Labute approximate surface area is 228 Å². The highest BCUT2D eigenvalue weighted by Gasteiger charge is 2.47. The second-order valence-corrected chi connectivity index (χ2v) is 13.0. The first-order chi connectivity index (χ1) is 17.7. The predicted molar refractivity (Wildman–Crippen MR) is 165 cm³/mol. The van der Waals surface area contributed by atoms with Crippen LogP contribution in [0.15, 0.2) is 47.5 Å². The second kappa shape index (κ2) is 11.8. The van der Waals surface area contributed by atoms with Crippen LogP contribution in [0.1, 0.15) is 164 Å². The minimum Gasteiger partial charge on any atom is -0.0654 e. The number of unbranched alkanes of at least 4 members (excludes halogenated alkanes) is 4. The van der Waals surface area contributed by atoms with Crippen molar-refractivity contribution in [1.29, 1.82) is 0 Å². The third-order valence-electron chi connectivity index (χ3n) is 9.24. The van der Waals surface area contributed by atoms with Crippen molar-refractivity contribution in [2.75, 3.05) is 0 Å². The summed E-state index contributed by atoms with van der Waals surface area (Å²) in [6.45, 7) is 19.3. The maximum Gasteiger partial charge on any atom is 0.0118 e. The first-order valence-corrected chi connectivity index (χ1v) is 15.4. The van der Waals surface area contributed by atoms with Gasteiger partial charge in [0.15, 0.2) is 0 Å². The lowest BCUT2D eigenvalue weighted by molar-refractivity contribution is 0.267. The normalized spacial score (nSPS) is 18.9. The molecular weight excluding hydrogens is 444 g/mol. The van der Waals surface area contributed by atoms with Crippen molar-refractivity contribution in [3.63, 3.8) is 0 Å². The van der Waals surface area contributed by atoms with Crippen LogP contribution < -0.4 is 0 Å². The van der Waals surface area contributed by atoms with E-state index in [9.17, 15) is 0 Å². The molecule has 200 valence electrons. The van der Waals surface area contributed by atoms with Crippen molar-refractivity contribution in [3.8, 4) is 0 Å². The Morgan fingerprint density at radius 1 is 0.622 bits per heavy atom. The third kappa shape index (κ3) is 5.41. The fraction of sp³-hybridized carbons (Fsp3) is 0.568. The summed E-state index contributed by atoms with van der Waals surface area (Å²) in [5.41, 5.74) is 12.8. The number of rotatable bonds is 12. The Kier molecular flexibility index (Phi) is 8.88. The lowest BCUT2D eigenvalue weighted by Gasteiger charge is -2.42. The minimum absolute atomic E-state index is 0.109. The average Bonchev–Trinajstić information content (AvgIpc) is 3.42. The van der Waals surface area contributed by atoms with E-state index in [1.54, 1.807) is 22.3 Å². The van der Waals surface area contributed by atoms with Gasteiger partial charge in [0.2, 0.25) is 0 Å². The van der Waals surface area contributed by atoms with Gasteiger partial charge in [-0.2, -0.15) is 0 Å². The van der Waals surface area contributed by atoms with Crippen LogP contribution in [-0.2, 0) is 0 Å². The predicted octanol–water partition coefficient (Wildman–Crippen LogP) is 11.8. The van der Waals surface area contributed by atoms with Gasteiger partial charge in [0.25, 0.3) is 0 Å². The van der Waals surface area contributed by atoms with Crippen molar-refractivity contribution in [2.24, 2.45) is 5.41 Å². The number of fused-ring (bicyclic) bond motifs is 2. The van der Waals surface area contributed by atoms with Crippen LogP contribution >= 0.6 is 0 Å². The van der Waals surface area contributed by atoms with E-state index in [4.69, 9.17) is 0 Å². The van der Waals surface area contributed by atoms with Gasteiger partial charge in [0.05, 0.1) is 0 Å². The highest BCUT2D eigenvalue weighted by atomic mass is 14.5. The van der Waals surface area contributed by atoms with Crippen molar-refractivity contribution < 1.29 is 0 Å². The molecule has 0 heteroatoms. The maximum atomic E-state index is 2.62. The summed E-state index contributed by atoms with van der Waals surface area (Å²) in [7, 11) is 0. The molecule has 4 rings (SSSR count). The van der Waals surface area contributed by atoms with Crippen LogP contribution in [0.5, 0.6) is 0 Å². The second-order valence-electron chi connectivity index (χ2n) is 13.0. The smallest absolute Gasteiger partial charge is 0.0118 e. The van der Waals surface area contributed by atoms with E-state index >= 15 is 0 Å². The zero-order valence-electron chi connectivity index (χ0n) is 25.1. The van der Waals surface area contributed by atoms with Crippen molar-refractivity contribution in [2.45, 2.75) is 130 Å². The van der Waals surface area contributed by atoms with Gasteiger partial charge in [-0.25, -0.2) is 0 Å². The Bertz CT molecular complexity index is 1050. The van der Waals surface area contributed by atoms with Crippen LogP contribution in [0.2, 0.25) is 0 Å². The van der Waals surface area contributed by atoms with Gasteiger partial charge in [-0.15, -0.1) is 0 Å². The molecular formula is C37H52. The molecule has 0 heterocycles. The molecule has 0 bridgehead atoms. The molecule has 2 aromatic rings. The molecule has 2 atom stereocenters. The van der Waals surface area contributed by atoms with E-state index in [2.05, 4.69) is 104 Å². The molecule has 37 heavy (non-hydrogen) atoms. The van der Waals surface area contributed by atoms with Gasteiger partial charge in [-0.3, -0.25) is 0 Å². The molecule has 2 aromatic carbocycles. The number of hydrogen-bond acceptors (Lipinski definition) is 0. The zero-order chi connectivity index (χ0) is 26.7. The van der Waals surface area contributed by atoms with Crippen LogP contribution in [0, 0.1) is 5.41 Å². The average molecular weight is 497 g/mol. The molecule has 0 saturated heterocycles. The highest BCUT2D eigenvalue weighted by Crippen LogP contribution is 2.60. The maximum absolute atomic E-state index is 2.62. The van der Waals surface area contributed by atoms with Gasteiger partial charge >= 0.3 is 0 Å². The summed E-state index contributed by atoms with van der Waals surface area (Å²) in [6.07, 6.45) is 15.5. The molecule has 0 saturated carbocycles. The van der Waals surface area contributed by atoms with Gasteiger partial charge in [0.1, 0.15) is 0 Å². The van der Waals surface area contributed by atoms with Crippen LogP contribution in [0.4, 0.5) is 0 Å². The molecule has 0 radical (unpaired) electrons. The van der Waals surface area contributed by atoms with Crippen molar-refractivity contribution in [3.05, 3.63) is 80.9 Å². The van der Waals surface area contributed by atoms with E-state index in [-0.39, 0.29) is 5.41 Å². The Morgan fingerprint density at radius 3 is 1.38 bits per heavy atom. The van der Waals surface area contributed by atoms with Crippen molar-refractivity contribution in [1.82, 2.24) is 0 Å². The van der Waals surface area contributed by atoms with E-state index in [0.29, 0.717) is 23.7 Å². The Morgan fingerprint density at radius 2 is 1.03 bits per heavy atom. The summed E-state index contributed by atoms with van der Waals surface area (Å²) in [6, 6.07) is 14.3. The first-order valence-electron chi connectivity index (χ1n) is 15.4. The monoisotopic (exact) mass is 496 g/mol. The molecule has 0 spiro atoms. The molecule has 0 N–H and O–H groups in total. The topological polar surface area (TPSA) is 0 Å². The first kappa shape index (κ1) is 27.9. The highest BCUT2D eigenvalue weighted by molar-refractivity contribution is 5.74. The molecule has 0 nitrogen and oxygen atoms in total. The standard InChI is InChI=1S/C37H52/c1-9-11-13-17-27-23-33-29(25(3)4)19-15-21-31(33)35(27)37(7,8)36-28(18-14-12-10-2)24-34-30(26(5)6)20-16-22-32(34)36/h15-16,19-26,35-36H,9-14,17-18H2,1-8H3. The zero-order valence-corrected chi connectivity index (χ0v) is 25.1. The Balaban J connectivity index is 1.83. The fourth-order valence-corrected chi connectivity index (χ4v) is 7.50. The van der Waals surface area contributed by atoms with E-state index in [1.165, 1.54) is 73.6 Å². The molecule has 2 unspecified atom stereocenters. The lowest BCUT2D eigenvalue weighted by Crippen LogP contribution is -2.31. The van der Waals surface area contributed by atoms with E-state index in [1.807, 2.05) is 0 Å². The van der Waals surface area contributed by atoms with Gasteiger partial charge in [0, 0.05) is 11.8 Å². The summed E-state index contributed by atoms with van der Waals surface area (Å²) in [5.74, 6) is 2.06. The fourth-order valence-electron chi connectivity index (χ4n) is 7.50. The van der Waals surface area contributed by atoms with Gasteiger partial charge in [-0.1, -0.05) is 141 Å².